The number of aliphatic imine (C=N–C) groups is 3. The zero-order valence-electron chi connectivity index (χ0n) is 83.0. The Morgan fingerprint density at radius 2 is 0.874 bits per heavy atom. The summed E-state index contributed by atoms with van der Waals surface area (Å²) in [5.74, 6) is -0.0913. The van der Waals surface area contributed by atoms with Gasteiger partial charge in [0, 0.05) is 188 Å². The number of aliphatic hydroxyl groups excluding tert-OH is 2. The number of hydrogen-bond acceptors (Lipinski definition) is 27. The maximum atomic E-state index is 14.9. The van der Waals surface area contributed by atoms with Crippen molar-refractivity contribution in [1.29, 1.82) is 0 Å². The molecule has 0 aromatic heterocycles. The number of nitro benzene ring substituents is 1. The molecule has 0 radical (unpaired) electrons. The van der Waals surface area contributed by atoms with E-state index in [0.717, 1.165) is 43.6 Å². The molecule has 0 spiro atoms. The number of anilines is 1. The summed E-state index contributed by atoms with van der Waals surface area (Å²) in [5.41, 5.74) is 19.0. The third-order valence-corrected chi connectivity index (χ3v) is 30.9. The highest BCUT2D eigenvalue weighted by molar-refractivity contribution is 8.14. The molecule has 1 saturated heterocycles. The Hall–Kier alpha value is -9.36. The summed E-state index contributed by atoms with van der Waals surface area (Å²) in [4.78, 5) is 67.3. The van der Waals surface area contributed by atoms with Gasteiger partial charge >= 0.3 is 12.2 Å². The molecule has 10 aliphatic rings. The number of nitro groups is 1. The second kappa shape index (κ2) is 49.9. The van der Waals surface area contributed by atoms with Gasteiger partial charge in [-0.2, -0.15) is 5.48 Å². The minimum Gasteiger partial charge on any atom is -0.444 e. The Labute approximate surface area is 851 Å². The fourth-order valence-electron chi connectivity index (χ4n) is 21.7. The number of nitrogens with two attached hydrogens (primary N) is 3. The molecule has 7 aromatic carbocycles. The number of nitrogen functional groups attached to an aromatic ring is 1. The topological polar surface area (TPSA) is 393 Å². The van der Waals surface area contributed by atoms with E-state index in [0.29, 0.717) is 164 Å². The van der Waals surface area contributed by atoms with Crippen LogP contribution in [-0.4, -0.2) is 178 Å². The highest BCUT2D eigenvalue weighted by atomic mass is 32.2. The standard InChI is InChI=1S/C22H25FN2O3S.C20H26FN3O5S.C20H28FN3O3S.C15H19FN2OS.C14H18FNO2.C14H20FNO2/c1-2-28-17-12-16(14-26)22(13-17,18-10-6-7-11-19(18)23)25-21(29)24-20(27)15-8-4-3-5-9-15;1-5-28-14-8-12-11-30-17(22-18(25)29-19(2,3)4)23-20(12,10-14)15-9-13(24(26)27)6-7-16(15)21;1-5-26-14-8-12-11-28-17(23-18(25)27-19(2,3)4)24-20(12,10-14)15-9-13(22)6-7-16(15)21;1-2-19-11-7-10-9-20-14(17)18-15(10,8-11)12-5-3-4-6-13(12)16;1-2-17-11-7-10-9-18-16-14(10,8-11)12-5-3-4-6-13(12)15;1-2-18-11-7-10(9-17)14(16,8-11)12-5-3-4-6-13(12)15/h3-11,16-17,26H,2,12-14H2,1H3,(H2,24,25,27,29);6-7,9,12,14H,5,8,10-11H2,1-4H3,(H,22,23,25);6-7,9,12,14H,5,8,10-11,22H2,1-4H3,(H,23,24,25);3-6,10-11H,2,7-9H2,1H3,(H2,17,18);3-6,10-11,16H,2,7-9H2,1H3;3-6,10-11,17H,2,7-9,16H2,1H3/t16-,17-,22-;2*12-,14-,20-;10-,11-,15-;2*10-,11-,14-/m000000/s1. The van der Waals surface area contributed by atoms with E-state index in [-0.39, 0.29) is 131 Å². The highest BCUT2D eigenvalue weighted by Gasteiger charge is 2.59. The lowest BCUT2D eigenvalue weighted by Crippen LogP contribution is -2.54. The van der Waals surface area contributed by atoms with Crippen LogP contribution in [0.15, 0.2) is 179 Å². The number of nitrogens with one attached hydrogen (secondary N) is 5. The lowest BCUT2D eigenvalue weighted by Gasteiger charge is -2.37. The van der Waals surface area contributed by atoms with E-state index in [1.54, 1.807) is 138 Å². The van der Waals surface area contributed by atoms with Crippen LogP contribution in [-0.2, 0) is 76.0 Å². The molecule has 6 saturated carbocycles. The van der Waals surface area contributed by atoms with Gasteiger partial charge in [0.05, 0.1) is 81.4 Å². The van der Waals surface area contributed by atoms with Gasteiger partial charge in [-0.25, -0.2) is 35.9 Å². The van der Waals surface area contributed by atoms with Crippen LogP contribution < -0.4 is 43.9 Å². The number of benzene rings is 7. The monoisotopic (exact) mass is 2060 g/mol. The number of amidine groups is 3. The van der Waals surface area contributed by atoms with Crippen molar-refractivity contribution in [2.45, 2.75) is 241 Å². The zero-order valence-corrected chi connectivity index (χ0v) is 86.3. The van der Waals surface area contributed by atoms with Crippen LogP contribution in [0.4, 0.5) is 47.3 Å². The van der Waals surface area contributed by atoms with Gasteiger partial charge in [-0.05, 0) is 207 Å². The van der Waals surface area contributed by atoms with E-state index in [1.807, 2.05) is 71.9 Å². The number of rotatable bonds is 23. The predicted molar refractivity (Wildman–Crippen MR) is 548 cm³/mol. The Kier molecular flexibility index (Phi) is 39.2. The third kappa shape index (κ3) is 27.2. The van der Waals surface area contributed by atoms with Crippen molar-refractivity contribution in [3.63, 3.8) is 0 Å². The fourth-order valence-corrected chi connectivity index (χ4v) is 25.3. The first-order valence-electron chi connectivity index (χ1n) is 48.9. The molecule has 7 fully saturated rings. The summed E-state index contributed by atoms with van der Waals surface area (Å²) in [5, 5.41) is 43.4. The van der Waals surface area contributed by atoms with Crippen molar-refractivity contribution >= 4 is 97.6 Å². The summed E-state index contributed by atoms with van der Waals surface area (Å²) >= 11 is 9.76. The lowest BCUT2D eigenvalue weighted by atomic mass is 9.80. The molecule has 38 heteroatoms. The van der Waals surface area contributed by atoms with E-state index in [2.05, 4.69) is 31.7 Å². The number of ether oxygens (including phenoxy) is 8. The molecule has 7 aromatic rings. The molecule has 18 atom stereocenters. The molecule has 6 aliphatic carbocycles. The summed E-state index contributed by atoms with van der Waals surface area (Å²) in [7, 11) is 0. The van der Waals surface area contributed by atoms with E-state index in [1.165, 1.54) is 59.9 Å². The number of amides is 3. The van der Waals surface area contributed by atoms with Gasteiger partial charge in [-0.3, -0.25) is 45.8 Å². The Bertz CT molecular complexity index is 5600. The maximum absolute atomic E-state index is 14.9. The second-order valence-electron chi connectivity index (χ2n) is 39.1. The van der Waals surface area contributed by atoms with E-state index >= 15 is 0 Å². The van der Waals surface area contributed by atoms with Gasteiger partial charge in [0.15, 0.2) is 20.6 Å². The highest BCUT2D eigenvalue weighted by Crippen LogP contribution is 2.57. The first kappa shape index (κ1) is 112. The number of thiocarbonyl (C=S) groups is 1. The van der Waals surface area contributed by atoms with Crippen molar-refractivity contribution in [3.8, 4) is 0 Å². The minimum atomic E-state index is -1.05. The number of aliphatic hydroxyl groups is 2. The van der Waals surface area contributed by atoms with Gasteiger partial charge in [0.2, 0.25) is 0 Å². The Balaban J connectivity index is 0.000000155. The van der Waals surface area contributed by atoms with Crippen molar-refractivity contribution in [2.24, 2.45) is 62.0 Å². The number of alkyl carbamates (subject to hydrolysis) is 2. The molecule has 17 rings (SSSR count). The first-order valence-corrected chi connectivity index (χ1v) is 52.3. The summed E-state index contributed by atoms with van der Waals surface area (Å²) in [6, 6.07) is 43.6. The van der Waals surface area contributed by atoms with Gasteiger partial charge in [0.25, 0.3) is 11.6 Å². The van der Waals surface area contributed by atoms with E-state index in [4.69, 9.17) is 82.1 Å². The van der Waals surface area contributed by atoms with Crippen molar-refractivity contribution in [3.05, 3.63) is 248 Å². The average Bonchev–Trinajstić information content (AvgIpc) is 1.62. The molecule has 0 unspecified atom stereocenters. The molecular formula is C105H136F6N12O16S4. The van der Waals surface area contributed by atoms with Gasteiger partial charge in [0.1, 0.15) is 46.1 Å². The van der Waals surface area contributed by atoms with Crippen LogP contribution in [0.25, 0.3) is 0 Å². The smallest absolute Gasteiger partial charge is 0.413 e. The van der Waals surface area contributed by atoms with Crippen molar-refractivity contribution in [1.82, 2.24) is 26.7 Å². The van der Waals surface area contributed by atoms with Crippen LogP contribution in [0.2, 0.25) is 0 Å². The van der Waals surface area contributed by atoms with E-state index < -0.39 is 73.2 Å². The quantitative estimate of drug-likeness (QED) is 0.00935. The van der Waals surface area contributed by atoms with Crippen LogP contribution in [0.1, 0.15) is 204 Å². The van der Waals surface area contributed by atoms with E-state index in [9.17, 15) is 61.1 Å². The van der Waals surface area contributed by atoms with Crippen LogP contribution in [0.5, 0.6) is 0 Å². The lowest BCUT2D eigenvalue weighted by molar-refractivity contribution is -0.385. The molecule has 0 bridgehead atoms. The zero-order chi connectivity index (χ0) is 103. The van der Waals surface area contributed by atoms with Gasteiger partial charge in [-0.15, -0.1) is 0 Å². The maximum Gasteiger partial charge on any atom is 0.413 e. The van der Waals surface area contributed by atoms with Crippen LogP contribution in [0.3, 0.4) is 0 Å². The normalized spacial score (nSPS) is 28.5. The molecule has 4 aliphatic heterocycles. The predicted octanol–water partition coefficient (Wildman–Crippen LogP) is 18.6. The van der Waals surface area contributed by atoms with Crippen LogP contribution in [0, 0.1) is 80.5 Å². The third-order valence-electron chi connectivity index (χ3n) is 27.6. The second-order valence-corrected chi connectivity index (χ2v) is 42.6. The molecule has 3 amide bonds. The fraction of sp³-hybridized carbons (Fsp3) is 0.533. The largest absolute Gasteiger partial charge is 0.444 e. The number of non-ortho nitro benzene ring substituents is 1. The average molecular weight is 2060 g/mol. The number of thioether (sulfide) groups is 3. The van der Waals surface area contributed by atoms with Gasteiger partial charge in [-0.1, -0.05) is 126 Å². The number of hydrogen-bond donors (Lipinski definition) is 10. The van der Waals surface area contributed by atoms with Gasteiger partial charge < -0.3 is 75.5 Å². The summed E-state index contributed by atoms with van der Waals surface area (Å²) in [6.45, 7) is 26.3. The van der Waals surface area contributed by atoms with Crippen molar-refractivity contribution < 1.29 is 98.6 Å². The first-order chi connectivity index (χ1) is 68.2. The molecule has 28 nitrogen and oxygen atoms in total. The number of halogens is 6. The summed E-state index contributed by atoms with van der Waals surface area (Å²) in [6.07, 6.45) is 6.70. The molecule has 778 valence electrons. The number of fused-ring (bicyclic) bond motifs is 4. The van der Waals surface area contributed by atoms with Crippen molar-refractivity contribution in [2.75, 3.05) is 82.5 Å². The number of nitrogens with zero attached hydrogens (tertiary/aromatic N) is 4. The SMILES string of the molecule is CCO[C@H]1C[C@@H](CO)[C@](N)(c2ccccc2F)C1.CCO[C@H]1C[C@@H](CO)[C@](NC(=S)NC(=O)c2ccccc2)(c2ccccc2F)C1.CCO[C@H]1C[C@H]2CON[C@@]2(c2ccccc2F)C1.CCO[C@H]1C[C@H]2CSC(N)=N[C@@]2(c2ccccc2F)C1.CCO[C@H]1C[C@H]2CSC(NC(=O)OC(C)(C)C)=N[C@@]2(c2cc(N)ccc2F)C1.CCO[C@H]1C[C@H]2CSC(NC(=O)OC(C)(C)C)=N[C@@]2(c2cc([N+](=O)[O-])ccc2F)C1. The van der Waals surface area contributed by atoms with Crippen LogP contribution >= 0.6 is 47.5 Å². The molecule has 4 heterocycles. The molecule has 13 N–H and O–H groups in total. The molecular weight excluding hydrogens is 1930 g/mol. The minimum absolute atomic E-state index is 0.00300. The number of carbonyl (C=O) groups is 3. The summed E-state index contributed by atoms with van der Waals surface area (Å²) < 4.78 is 132. The Morgan fingerprint density at radius 3 is 1.34 bits per heavy atom. The Morgan fingerprint density at radius 1 is 0.483 bits per heavy atom. The number of hydroxylamine groups is 1. The molecule has 143 heavy (non-hydrogen) atoms. The number of carbonyl (C=O) groups excluding carboxylic acids is 3.